The molecule has 0 amide bonds. The van der Waals surface area contributed by atoms with Crippen molar-refractivity contribution in [3.8, 4) is 23.8 Å². The van der Waals surface area contributed by atoms with Crippen molar-refractivity contribution < 1.29 is 19.4 Å². The highest BCUT2D eigenvalue weighted by Crippen LogP contribution is 2.63. The van der Waals surface area contributed by atoms with E-state index in [-0.39, 0.29) is 11.5 Å². The number of ketones is 1. The van der Waals surface area contributed by atoms with Crippen LogP contribution in [-0.2, 0) is 4.79 Å². The first-order chi connectivity index (χ1) is 18.3. The number of aliphatic hydroxyl groups excluding tert-OH is 1. The van der Waals surface area contributed by atoms with E-state index in [2.05, 4.69) is 37.5 Å². The average Bonchev–Trinajstić information content (AvgIpc) is 3.24. The maximum atomic E-state index is 12.3. The first-order valence-corrected chi connectivity index (χ1v) is 14.9. The van der Waals surface area contributed by atoms with Gasteiger partial charge in [0, 0.05) is 25.2 Å². The summed E-state index contributed by atoms with van der Waals surface area (Å²) in [6, 6.07) is 6.68. The Hall–Kier alpha value is -2.51. The topological polar surface area (TPSA) is 55.8 Å². The second-order valence-corrected chi connectivity index (χ2v) is 12.8. The lowest BCUT2D eigenvalue weighted by molar-refractivity contribution is -0.114. The zero-order valence-corrected chi connectivity index (χ0v) is 23.1. The van der Waals surface area contributed by atoms with Gasteiger partial charge in [0.25, 0.3) is 5.79 Å². The molecule has 0 radical (unpaired) electrons. The van der Waals surface area contributed by atoms with Crippen LogP contribution in [0.4, 0.5) is 0 Å². The van der Waals surface area contributed by atoms with Gasteiger partial charge in [0.05, 0.1) is 6.10 Å². The molecule has 3 fully saturated rings. The molecule has 5 atom stereocenters. The summed E-state index contributed by atoms with van der Waals surface area (Å²) in [4.78, 5) is 12.3. The van der Waals surface area contributed by atoms with E-state index in [9.17, 15) is 9.90 Å². The minimum absolute atomic E-state index is 0.143. The van der Waals surface area contributed by atoms with E-state index in [0.717, 1.165) is 82.1 Å². The van der Waals surface area contributed by atoms with Crippen LogP contribution in [-0.4, -0.2) is 22.8 Å². The molecule has 1 spiro atoms. The summed E-state index contributed by atoms with van der Waals surface area (Å²) in [6.07, 6.45) is 19.6. The summed E-state index contributed by atoms with van der Waals surface area (Å²) in [7, 11) is 0. The number of carbonyl (C=O) groups excluding carboxylic acids is 1. The van der Waals surface area contributed by atoms with Crippen LogP contribution in [0.1, 0.15) is 109 Å². The molecular weight excluding hydrogens is 472 g/mol. The Morgan fingerprint density at radius 1 is 1.00 bits per heavy atom. The van der Waals surface area contributed by atoms with Gasteiger partial charge in [0.1, 0.15) is 0 Å². The summed E-state index contributed by atoms with van der Waals surface area (Å²) in [5, 5.41) is 10.7. The third-order valence-corrected chi connectivity index (χ3v) is 10.3. The molecule has 1 aliphatic heterocycles. The van der Waals surface area contributed by atoms with E-state index in [1.54, 1.807) is 12.5 Å². The summed E-state index contributed by atoms with van der Waals surface area (Å²) >= 11 is 0. The fourth-order valence-corrected chi connectivity index (χ4v) is 8.82. The van der Waals surface area contributed by atoms with Crippen molar-refractivity contribution in [1.29, 1.82) is 0 Å². The van der Waals surface area contributed by atoms with E-state index >= 15 is 0 Å². The summed E-state index contributed by atoms with van der Waals surface area (Å²) < 4.78 is 12.9. The van der Waals surface area contributed by atoms with Crippen LogP contribution in [0.2, 0.25) is 0 Å². The maximum absolute atomic E-state index is 12.3. The van der Waals surface area contributed by atoms with Crippen molar-refractivity contribution in [1.82, 2.24) is 0 Å². The Kier molecular flexibility index (Phi) is 6.71. The Bertz CT molecular complexity index is 1210. The molecule has 1 aromatic rings. The maximum Gasteiger partial charge on any atom is 0.251 e. The standard InChI is InChI=1S/C31H38O4.C3H4/c1-30-17-22(33)8-11-26(30)24-9-5-19-15-21(32)7-10-23(19)29(24)25(18-30)20-6-12-27-28(16-20)35-31(34-27)13-3-2-4-14-31;1-3-2/h6,12,15-16,22,24-26,33H,2-5,7-11,13-14,17-18H2,1H3;1H,2H3. The molecule has 1 N–H and O–H groups in total. The minimum atomic E-state index is -0.453. The second-order valence-electron chi connectivity index (χ2n) is 12.8. The van der Waals surface area contributed by atoms with Gasteiger partial charge in [-0.05, 0) is 117 Å². The van der Waals surface area contributed by atoms with Gasteiger partial charge in [0.2, 0.25) is 0 Å². The molecule has 0 aromatic heterocycles. The Balaban J connectivity index is 0.000000843. The van der Waals surface area contributed by atoms with Crippen molar-refractivity contribution in [3.63, 3.8) is 0 Å². The van der Waals surface area contributed by atoms with Crippen molar-refractivity contribution >= 4 is 5.78 Å². The number of allylic oxidation sites excluding steroid dienone is 4. The predicted octanol–water partition coefficient (Wildman–Crippen LogP) is 7.41. The van der Waals surface area contributed by atoms with Crippen molar-refractivity contribution in [2.75, 3.05) is 0 Å². The van der Waals surface area contributed by atoms with Crippen LogP contribution in [0.5, 0.6) is 11.5 Å². The third-order valence-electron chi connectivity index (χ3n) is 10.3. The van der Waals surface area contributed by atoms with Gasteiger partial charge in [-0.25, -0.2) is 0 Å². The highest BCUT2D eigenvalue weighted by molar-refractivity contribution is 5.93. The van der Waals surface area contributed by atoms with Crippen LogP contribution in [0.3, 0.4) is 0 Å². The number of hydrogen-bond donors (Lipinski definition) is 1. The lowest BCUT2D eigenvalue weighted by Crippen LogP contribution is -2.47. The van der Waals surface area contributed by atoms with E-state index < -0.39 is 5.79 Å². The molecular formula is C34H42O4. The number of ether oxygens (including phenoxy) is 2. The lowest BCUT2D eigenvalue weighted by Gasteiger charge is -2.56. The number of terminal acetylenes is 1. The fourth-order valence-electron chi connectivity index (χ4n) is 8.82. The average molecular weight is 515 g/mol. The monoisotopic (exact) mass is 514 g/mol. The van der Waals surface area contributed by atoms with E-state index in [1.165, 1.54) is 23.1 Å². The number of aliphatic hydroxyl groups is 1. The number of fused-ring (bicyclic) bond motifs is 5. The summed E-state index contributed by atoms with van der Waals surface area (Å²) in [5.41, 5.74) is 5.87. The molecule has 7 rings (SSSR count). The molecule has 5 aliphatic carbocycles. The highest BCUT2D eigenvalue weighted by Gasteiger charge is 2.53. The quantitative estimate of drug-likeness (QED) is 0.397. The summed E-state index contributed by atoms with van der Waals surface area (Å²) in [5.74, 6) is 5.39. The van der Waals surface area contributed by atoms with E-state index in [1.807, 2.05) is 6.08 Å². The van der Waals surface area contributed by atoms with E-state index in [4.69, 9.17) is 9.47 Å². The van der Waals surface area contributed by atoms with E-state index in [0.29, 0.717) is 30.0 Å². The van der Waals surface area contributed by atoms with Gasteiger partial charge in [-0.3, -0.25) is 4.79 Å². The Morgan fingerprint density at radius 3 is 2.55 bits per heavy atom. The number of carbonyl (C=O) groups is 1. The zero-order valence-electron chi connectivity index (χ0n) is 23.1. The van der Waals surface area contributed by atoms with Crippen LogP contribution in [0.15, 0.2) is 41.0 Å². The minimum Gasteiger partial charge on any atom is -0.448 e. The highest BCUT2D eigenvalue weighted by atomic mass is 16.7. The molecule has 4 heteroatoms. The van der Waals surface area contributed by atoms with Crippen LogP contribution in [0, 0.1) is 29.6 Å². The molecule has 3 saturated carbocycles. The lowest BCUT2D eigenvalue weighted by atomic mass is 9.49. The van der Waals surface area contributed by atoms with Gasteiger partial charge in [0.15, 0.2) is 17.3 Å². The SMILES string of the molecule is C#CC.CC12CC(O)CCC1C1CCC3=CC(=O)CCC3=C1C(c1ccc3c(c1)OC1(CCCCC1)O3)C2. The van der Waals surface area contributed by atoms with Gasteiger partial charge in [-0.15, -0.1) is 12.3 Å². The molecule has 4 nitrogen and oxygen atoms in total. The molecule has 5 unspecified atom stereocenters. The van der Waals surface area contributed by atoms with Gasteiger partial charge in [-0.1, -0.05) is 25.0 Å². The summed E-state index contributed by atoms with van der Waals surface area (Å²) in [6.45, 7) is 4.09. The van der Waals surface area contributed by atoms with Gasteiger partial charge < -0.3 is 14.6 Å². The number of rotatable bonds is 1. The molecule has 202 valence electrons. The fraction of sp³-hybridized carbons (Fsp3) is 0.618. The smallest absolute Gasteiger partial charge is 0.251 e. The number of hydrogen-bond acceptors (Lipinski definition) is 4. The number of benzene rings is 1. The molecule has 0 bridgehead atoms. The van der Waals surface area contributed by atoms with Crippen molar-refractivity contribution in [3.05, 3.63) is 46.6 Å². The first-order valence-electron chi connectivity index (χ1n) is 14.9. The van der Waals surface area contributed by atoms with Gasteiger partial charge >= 0.3 is 0 Å². The van der Waals surface area contributed by atoms with Crippen LogP contribution >= 0.6 is 0 Å². The molecule has 1 aromatic carbocycles. The Labute approximate surface area is 227 Å². The zero-order chi connectivity index (χ0) is 26.5. The Morgan fingerprint density at radius 2 is 1.76 bits per heavy atom. The van der Waals surface area contributed by atoms with Gasteiger partial charge in [-0.2, -0.15) is 0 Å². The van der Waals surface area contributed by atoms with Crippen molar-refractivity contribution in [2.24, 2.45) is 17.3 Å². The van der Waals surface area contributed by atoms with Crippen molar-refractivity contribution in [2.45, 2.75) is 115 Å². The molecule has 6 aliphatic rings. The predicted molar refractivity (Wildman–Crippen MR) is 149 cm³/mol. The van der Waals surface area contributed by atoms with Crippen LogP contribution < -0.4 is 9.47 Å². The third kappa shape index (κ3) is 4.41. The second kappa shape index (κ2) is 9.91. The van der Waals surface area contributed by atoms with Crippen LogP contribution in [0.25, 0.3) is 0 Å². The molecule has 0 saturated heterocycles. The largest absolute Gasteiger partial charge is 0.448 e. The first kappa shape index (κ1) is 25.8. The normalized spacial score (nSPS) is 34.7. The molecule has 1 heterocycles. The molecule has 38 heavy (non-hydrogen) atoms.